The Balaban J connectivity index is 1.75. The summed E-state index contributed by atoms with van der Waals surface area (Å²) in [6, 6.07) is 7.49. The van der Waals surface area contributed by atoms with Gasteiger partial charge in [-0.1, -0.05) is 12.1 Å². The fourth-order valence-corrected chi connectivity index (χ4v) is 2.35. The average Bonchev–Trinajstić information content (AvgIpc) is 3.10. The number of aryl methyl sites for hydroxylation is 1. The molecule has 2 aromatic rings. The summed E-state index contributed by atoms with van der Waals surface area (Å²) in [6.45, 7) is 2.77. The fourth-order valence-electron chi connectivity index (χ4n) is 2.35. The van der Waals surface area contributed by atoms with Crippen molar-refractivity contribution in [1.29, 1.82) is 0 Å². The maximum atomic E-state index is 12.1. The highest BCUT2D eigenvalue weighted by molar-refractivity contribution is 5.95. The van der Waals surface area contributed by atoms with Gasteiger partial charge in [-0.05, 0) is 38.4 Å². The molecule has 6 nitrogen and oxygen atoms in total. The molecule has 104 valence electrons. The zero-order valence-electron chi connectivity index (χ0n) is 11.3. The summed E-state index contributed by atoms with van der Waals surface area (Å²) in [4.78, 5) is 16.3. The standard InChI is InChI=1S/C14H17N5O/c1-9-16-13(19-18-9)10-4-2-5-11(8-10)17-14(20)12-6-3-7-15-12/h2,4-5,8,12,15H,3,6-7H2,1H3,(H,17,20)(H,16,18,19). The number of hydrogen-bond donors (Lipinski definition) is 3. The molecule has 0 spiro atoms. The topological polar surface area (TPSA) is 82.7 Å². The van der Waals surface area contributed by atoms with Gasteiger partial charge in [-0.25, -0.2) is 4.98 Å². The molecule has 0 aliphatic carbocycles. The molecule has 1 fully saturated rings. The van der Waals surface area contributed by atoms with Crippen molar-refractivity contribution >= 4 is 11.6 Å². The van der Waals surface area contributed by atoms with Crippen LogP contribution in [0.3, 0.4) is 0 Å². The molecule has 1 aromatic heterocycles. The summed E-state index contributed by atoms with van der Waals surface area (Å²) in [5.74, 6) is 1.42. The number of hydrogen-bond acceptors (Lipinski definition) is 4. The molecule has 3 N–H and O–H groups in total. The third-order valence-corrected chi connectivity index (χ3v) is 3.36. The van der Waals surface area contributed by atoms with Gasteiger partial charge in [-0.15, -0.1) is 0 Å². The fraction of sp³-hybridized carbons (Fsp3) is 0.357. The number of amides is 1. The molecule has 0 saturated carbocycles. The van der Waals surface area contributed by atoms with E-state index in [0.717, 1.165) is 36.5 Å². The Bertz CT molecular complexity index is 616. The summed E-state index contributed by atoms with van der Waals surface area (Å²) in [7, 11) is 0. The lowest BCUT2D eigenvalue weighted by Crippen LogP contribution is -2.35. The Morgan fingerprint density at radius 1 is 1.45 bits per heavy atom. The SMILES string of the molecule is Cc1nc(-c2cccc(NC(=O)C3CCCN3)c2)n[nH]1. The van der Waals surface area contributed by atoms with E-state index in [9.17, 15) is 4.79 Å². The summed E-state index contributed by atoms with van der Waals surface area (Å²) in [6.07, 6.45) is 1.94. The quantitative estimate of drug-likeness (QED) is 0.789. The van der Waals surface area contributed by atoms with Gasteiger partial charge in [0.15, 0.2) is 5.82 Å². The molecule has 0 bridgehead atoms. The van der Waals surface area contributed by atoms with Gasteiger partial charge in [0.2, 0.25) is 5.91 Å². The molecule has 1 saturated heterocycles. The van der Waals surface area contributed by atoms with Crippen molar-refractivity contribution in [1.82, 2.24) is 20.5 Å². The van der Waals surface area contributed by atoms with E-state index in [2.05, 4.69) is 25.8 Å². The number of H-pyrrole nitrogens is 1. The van der Waals surface area contributed by atoms with Gasteiger partial charge in [0.1, 0.15) is 5.82 Å². The lowest BCUT2D eigenvalue weighted by atomic mass is 10.1. The second kappa shape index (κ2) is 5.42. The molecule has 1 amide bonds. The maximum Gasteiger partial charge on any atom is 0.241 e. The number of nitrogens with one attached hydrogen (secondary N) is 3. The number of aromatic amines is 1. The molecule has 20 heavy (non-hydrogen) atoms. The first-order valence-electron chi connectivity index (χ1n) is 6.76. The monoisotopic (exact) mass is 271 g/mol. The number of carbonyl (C=O) groups excluding carboxylic acids is 1. The van der Waals surface area contributed by atoms with Gasteiger partial charge in [-0.3, -0.25) is 9.89 Å². The van der Waals surface area contributed by atoms with E-state index in [1.54, 1.807) is 0 Å². The third-order valence-electron chi connectivity index (χ3n) is 3.36. The van der Waals surface area contributed by atoms with Crippen LogP contribution >= 0.6 is 0 Å². The molecular weight excluding hydrogens is 254 g/mol. The predicted molar refractivity (Wildman–Crippen MR) is 76.2 cm³/mol. The van der Waals surface area contributed by atoms with E-state index in [1.807, 2.05) is 31.2 Å². The molecule has 1 aliphatic heterocycles. The first kappa shape index (κ1) is 12.8. The molecule has 3 rings (SSSR count). The van der Waals surface area contributed by atoms with Crippen molar-refractivity contribution in [2.75, 3.05) is 11.9 Å². The van der Waals surface area contributed by atoms with Crippen LogP contribution < -0.4 is 10.6 Å². The minimum Gasteiger partial charge on any atom is -0.325 e. The van der Waals surface area contributed by atoms with Crippen molar-refractivity contribution < 1.29 is 4.79 Å². The minimum absolute atomic E-state index is 0.0193. The molecule has 1 atom stereocenters. The van der Waals surface area contributed by atoms with Crippen LogP contribution in [-0.2, 0) is 4.79 Å². The van der Waals surface area contributed by atoms with Crippen LogP contribution in [0.4, 0.5) is 5.69 Å². The summed E-state index contributed by atoms with van der Waals surface area (Å²) >= 11 is 0. The number of carbonyl (C=O) groups is 1. The van der Waals surface area contributed by atoms with Gasteiger partial charge < -0.3 is 10.6 Å². The Hall–Kier alpha value is -2.21. The van der Waals surface area contributed by atoms with Crippen LogP contribution in [0.1, 0.15) is 18.7 Å². The summed E-state index contributed by atoms with van der Waals surface area (Å²) < 4.78 is 0. The van der Waals surface area contributed by atoms with Crippen molar-refractivity contribution in [3.63, 3.8) is 0 Å². The number of nitrogens with zero attached hydrogens (tertiary/aromatic N) is 2. The zero-order valence-corrected chi connectivity index (χ0v) is 11.3. The largest absolute Gasteiger partial charge is 0.325 e. The van der Waals surface area contributed by atoms with E-state index in [-0.39, 0.29) is 11.9 Å². The lowest BCUT2D eigenvalue weighted by Gasteiger charge is -2.11. The van der Waals surface area contributed by atoms with E-state index in [0.29, 0.717) is 5.82 Å². The Morgan fingerprint density at radius 2 is 2.35 bits per heavy atom. The predicted octanol–water partition coefficient (Wildman–Crippen LogP) is 1.47. The van der Waals surface area contributed by atoms with Crippen LogP contribution in [0.15, 0.2) is 24.3 Å². The van der Waals surface area contributed by atoms with E-state index in [1.165, 1.54) is 0 Å². The second-order valence-electron chi connectivity index (χ2n) is 4.96. The first-order chi connectivity index (χ1) is 9.72. The molecule has 1 aliphatic rings. The molecule has 1 aromatic carbocycles. The van der Waals surface area contributed by atoms with Gasteiger partial charge in [0.05, 0.1) is 6.04 Å². The van der Waals surface area contributed by atoms with E-state index >= 15 is 0 Å². The average molecular weight is 271 g/mol. The van der Waals surface area contributed by atoms with Crippen LogP contribution in [-0.4, -0.2) is 33.7 Å². The highest BCUT2D eigenvalue weighted by Crippen LogP contribution is 2.19. The zero-order chi connectivity index (χ0) is 13.9. The van der Waals surface area contributed by atoms with Crippen LogP contribution in [0.2, 0.25) is 0 Å². The molecule has 1 unspecified atom stereocenters. The number of rotatable bonds is 3. The first-order valence-corrected chi connectivity index (χ1v) is 6.76. The van der Waals surface area contributed by atoms with Crippen LogP contribution in [0.25, 0.3) is 11.4 Å². The van der Waals surface area contributed by atoms with Gasteiger partial charge >= 0.3 is 0 Å². The highest BCUT2D eigenvalue weighted by Gasteiger charge is 2.21. The van der Waals surface area contributed by atoms with Crippen molar-refractivity contribution in [3.05, 3.63) is 30.1 Å². The van der Waals surface area contributed by atoms with Crippen molar-refractivity contribution in [2.45, 2.75) is 25.8 Å². The Labute approximate surface area is 117 Å². The van der Waals surface area contributed by atoms with Crippen LogP contribution in [0, 0.1) is 6.92 Å². The van der Waals surface area contributed by atoms with Gasteiger partial charge in [0, 0.05) is 11.3 Å². The Morgan fingerprint density at radius 3 is 3.05 bits per heavy atom. The van der Waals surface area contributed by atoms with Gasteiger partial charge in [0.25, 0.3) is 0 Å². The molecular formula is C14H17N5O. The Kier molecular flexibility index (Phi) is 3.47. The van der Waals surface area contributed by atoms with E-state index < -0.39 is 0 Å². The normalized spacial score (nSPS) is 18.1. The highest BCUT2D eigenvalue weighted by atomic mass is 16.2. The molecule has 6 heteroatoms. The lowest BCUT2D eigenvalue weighted by molar-refractivity contribution is -0.117. The van der Waals surface area contributed by atoms with Gasteiger partial charge in [-0.2, -0.15) is 5.10 Å². The number of benzene rings is 1. The number of aromatic nitrogens is 3. The summed E-state index contributed by atoms with van der Waals surface area (Å²) in [5, 5.41) is 13.1. The van der Waals surface area contributed by atoms with Crippen molar-refractivity contribution in [3.8, 4) is 11.4 Å². The molecule has 0 radical (unpaired) electrons. The van der Waals surface area contributed by atoms with E-state index in [4.69, 9.17) is 0 Å². The number of anilines is 1. The third kappa shape index (κ3) is 2.70. The smallest absolute Gasteiger partial charge is 0.241 e. The molecule has 2 heterocycles. The summed E-state index contributed by atoms with van der Waals surface area (Å²) in [5.41, 5.74) is 1.65. The maximum absolute atomic E-state index is 12.1. The van der Waals surface area contributed by atoms with Crippen molar-refractivity contribution in [2.24, 2.45) is 0 Å². The minimum atomic E-state index is -0.0793. The second-order valence-corrected chi connectivity index (χ2v) is 4.96. The van der Waals surface area contributed by atoms with Crippen LogP contribution in [0.5, 0.6) is 0 Å².